The SMILES string of the molecule is CCc1ccc(CCC(=O)N2CCc3cc(Br)cc(NC(C)=O)c32)cc1. The van der Waals surface area contributed by atoms with E-state index in [1.54, 1.807) is 0 Å². The number of halogens is 1. The van der Waals surface area contributed by atoms with E-state index in [1.807, 2.05) is 17.0 Å². The monoisotopic (exact) mass is 414 g/mol. The van der Waals surface area contributed by atoms with E-state index in [0.717, 1.165) is 35.0 Å². The molecular formula is C21H23BrN2O2. The van der Waals surface area contributed by atoms with Gasteiger partial charge in [0.2, 0.25) is 11.8 Å². The fraction of sp³-hybridized carbons (Fsp3) is 0.333. The zero-order valence-electron chi connectivity index (χ0n) is 15.1. The van der Waals surface area contributed by atoms with Crippen LogP contribution in [0.25, 0.3) is 0 Å². The van der Waals surface area contributed by atoms with Crippen molar-refractivity contribution in [3.63, 3.8) is 0 Å². The number of carbonyl (C=O) groups excluding carboxylic acids is 2. The third-order valence-corrected chi connectivity index (χ3v) is 5.16. The minimum Gasteiger partial charge on any atom is -0.324 e. The van der Waals surface area contributed by atoms with Crippen molar-refractivity contribution in [3.8, 4) is 0 Å². The van der Waals surface area contributed by atoms with E-state index in [4.69, 9.17) is 0 Å². The van der Waals surface area contributed by atoms with Crippen LogP contribution in [0.15, 0.2) is 40.9 Å². The summed E-state index contributed by atoms with van der Waals surface area (Å²) in [6.07, 6.45) is 3.00. The molecule has 0 fully saturated rings. The van der Waals surface area contributed by atoms with Gasteiger partial charge in [0.25, 0.3) is 0 Å². The zero-order valence-corrected chi connectivity index (χ0v) is 16.7. The molecule has 26 heavy (non-hydrogen) atoms. The van der Waals surface area contributed by atoms with Crippen molar-refractivity contribution in [1.29, 1.82) is 0 Å². The van der Waals surface area contributed by atoms with E-state index < -0.39 is 0 Å². The van der Waals surface area contributed by atoms with Crippen LogP contribution in [-0.2, 0) is 28.9 Å². The van der Waals surface area contributed by atoms with E-state index >= 15 is 0 Å². The molecule has 0 aromatic heterocycles. The topological polar surface area (TPSA) is 49.4 Å². The molecule has 1 heterocycles. The fourth-order valence-electron chi connectivity index (χ4n) is 3.37. The van der Waals surface area contributed by atoms with Gasteiger partial charge in [-0.05, 0) is 48.1 Å². The maximum atomic E-state index is 12.8. The smallest absolute Gasteiger partial charge is 0.227 e. The molecule has 0 bridgehead atoms. The second-order valence-electron chi connectivity index (χ2n) is 6.61. The van der Waals surface area contributed by atoms with Gasteiger partial charge in [-0.15, -0.1) is 0 Å². The number of anilines is 2. The Kier molecular flexibility index (Phi) is 5.77. The van der Waals surface area contributed by atoms with E-state index in [2.05, 4.69) is 52.4 Å². The van der Waals surface area contributed by atoms with Gasteiger partial charge in [0, 0.05) is 24.4 Å². The highest BCUT2D eigenvalue weighted by molar-refractivity contribution is 9.10. The Morgan fingerprint density at radius 1 is 1.15 bits per heavy atom. The Balaban J connectivity index is 1.75. The molecule has 0 atom stereocenters. The van der Waals surface area contributed by atoms with Crippen LogP contribution in [-0.4, -0.2) is 18.4 Å². The number of aryl methyl sites for hydroxylation is 2. The van der Waals surface area contributed by atoms with Crippen LogP contribution >= 0.6 is 15.9 Å². The predicted molar refractivity (Wildman–Crippen MR) is 109 cm³/mol. The van der Waals surface area contributed by atoms with E-state index in [9.17, 15) is 9.59 Å². The number of carbonyl (C=O) groups is 2. The molecule has 2 aromatic rings. The van der Waals surface area contributed by atoms with Crippen LogP contribution in [0.1, 0.15) is 37.0 Å². The van der Waals surface area contributed by atoms with Gasteiger partial charge >= 0.3 is 0 Å². The summed E-state index contributed by atoms with van der Waals surface area (Å²) >= 11 is 3.48. The van der Waals surface area contributed by atoms with Crippen molar-refractivity contribution >= 4 is 39.1 Å². The highest BCUT2D eigenvalue weighted by Crippen LogP contribution is 2.38. The molecule has 2 amide bonds. The lowest BCUT2D eigenvalue weighted by atomic mass is 10.1. The summed E-state index contributed by atoms with van der Waals surface area (Å²) in [6.45, 7) is 4.27. The molecule has 3 rings (SSSR count). The first kappa shape index (κ1) is 18.6. The summed E-state index contributed by atoms with van der Waals surface area (Å²) in [6, 6.07) is 12.3. The minimum atomic E-state index is -0.138. The van der Waals surface area contributed by atoms with Crippen LogP contribution in [0.2, 0.25) is 0 Å². The molecule has 0 radical (unpaired) electrons. The highest BCUT2D eigenvalue weighted by Gasteiger charge is 2.28. The van der Waals surface area contributed by atoms with E-state index in [1.165, 1.54) is 18.1 Å². The van der Waals surface area contributed by atoms with Crippen molar-refractivity contribution < 1.29 is 9.59 Å². The van der Waals surface area contributed by atoms with Gasteiger partial charge in [0.15, 0.2) is 0 Å². The molecule has 0 saturated heterocycles. The molecule has 0 unspecified atom stereocenters. The first-order valence-corrected chi connectivity index (χ1v) is 9.75. The first-order chi connectivity index (χ1) is 12.5. The Bertz CT molecular complexity index is 831. The van der Waals surface area contributed by atoms with E-state index in [0.29, 0.717) is 18.7 Å². The minimum absolute atomic E-state index is 0.0947. The van der Waals surface area contributed by atoms with Crippen LogP contribution in [0.3, 0.4) is 0 Å². The third-order valence-electron chi connectivity index (χ3n) is 4.70. The second kappa shape index (κ2) is 8.04. The van der Waals surface area contributed by atoms with Gasteiger partial charge in [-0.3, -0.25) is 9.59 Å². The number of rotatable bonds is 5. The summed E-state index contributed by atoms with van der Waals surface area (Å²) in [4.78, 5) is 26.2. The second-order valence-corrected chi connectivity index (χ2v) is 7.52. The average molecular weight is 415 g/mol. The third kappa shape index (κ3) is 4.15. The predicted octanol–water partition coefficient (Wildman–Crippen LogP) is 4.49. The number of nitrogens with zero attached hydrogens (tertiary/aromatic N) is 1. The quantitative estimate of drug-likeness (QED) is 0.782. The largest absolute Gasteiger partial charge is 0.324 e. The lowest BCUT2D eigenvalue weighted by Crippen LogP contribution is -2.30. The van der Waals surface area contributed by atoms with Gasteiger partial charge < -0.3 is 10.2 Å². The number of hydrogen-bond acceptors (Lipinski definition) is 2. The van der Waals surface area contributed by atoms with Crippen molar-refractivity contribution in [1.82, 2.24) is 0 Å². The molecule has 5 heteroatoms. The lowest BCUT2D eigenvalue weighted by molar-refractivity contribution is -0.118. The molecule has 1 aliphatic heterocycles. The summed E-state index contributed by atoms with van der Waals surface area (Å²) in [5, 5.41) is 2.85. The molecule has 1 aliphatic rings. The number of amides is 2. The normalized spacial score (nSPS) is 12.8. The fourth-order valence-corrected chi connectivity index (χ4v) is 3.88. The molecule has 136 valence electrons. The number of benzene rings is 2. The van der Waals surface area contributed by atoms with Crippen LogP contribution in [0.5, 0.6) is 0 Å². The van der Waals surface area contributed by atoms with Crippen molar-refractivity contribution in [2.24, 2.45) is 0 Å². The maximum absolute atomic E-state index is 12.8. The Hall–Kier alpha value is -2.14. The summed E-state index contributed by atoms with van der Waals surface area (Å²) < 4.78 is 0.908. The van der Waals surface area contributed by atoms with E-state index in [-0.39, 0.29) is 11.8 Å². The zero-order chi connectivity index (χ0) is 18.7. The molecule has 4 nitrogen and oxygen atoms in total. The Morgan fingerprint density at radius 3 is 2.50 bits per heavy atom. The van der Waals surface area contributed by atoms with Crippen LogP contribution in [0.4, 0.5) is 11.4 Å². The van der Waals surface area contributed by atoms with Crippen LogP contribution in [0, 0.1) is 0 Å². The lowest BCUT2D eigenvalue weighted by Gasteiger charge is -2.21. The van der Waals surface area contributed by atoms with Gasteiger partial charge in [0.1, 0.15) is 0 Å². The average Bonchev–Trinajstić information content (AvgIpc) is 3.03. The molecule has 0 saturated carbocycles. The van der Waals surface area contributed by atoms with Crippen molar-refractivity contribution in [2.45, 2.75) is 39.5 Å². The maximum Gasteiger partial charge on any atom is 0.227 e. The number of fused-ring (bicyclic) bond motifs is 1. The molecule has 0 aliphatic carbocycles. The molecular weight excluding hydrogens is 392 g/mol. The Morgan fingerprint density at radius 2 is 1.85 bits per heavy atom. The molecule has 1 N–H and O–H groups in total. The van der Waals surface area contributed by atoms with Gasteiger partial charge in [-0.25, -0.2) is 0 Å². The van der Waals surface area contributed by atoms with Crippen molar-refractivity contribution in [3.05, 3.63) is 57.6 Å². The Labute approximate surface area is 162 Å². The summed E-state index contributed by atoms with van der Waals surface area (Å²) in [5.41, 5.74) is 5.10. The van der Waals surface area contributed by atoms with Crippen LogP contribution < -0.4 is 10.2 Å². The summed E-state index contributed by atoms with van der Waals surface area (Å²) in [5.74, 6) is -0.0437. The highest BCUT2D eigenvalue weighted by atomic mass is 79.9. The van der Waals surface area contributed by atoms with Gasteiger partial charge in [0.05, 0.1) is 11.4 Å². The number of hydrogen-bond donors (Lipinski definition) is 1. The standard InChI is InChI=1S/C21H23BrN2O2/c1-3-15-4-6-16(7-5-15)8-9-20(26)24-11-10-17-12-18(22)13-19(21(17)24)23-14(2)25/h4-7,12-13H,3,8-11H2,1-2H3,(H,23,25). The molecule has 2 aromatic carbocycles. The van der Waals surface area contributed by atoms with Gasteiger partial charge in [-0.1, -0.05) is 47.1 Å². The number of nitrogens with one attached hydrogen (secondary N) is 1. The molecule has 0 spiro atoms. The van der Waals surface area contributed by atoms with Gasteiger partial charge in [-0.2, -0.15) is 0 Å². The van der Waals surface area contributed by atoms with Crippen molar-refractivity contribution in [2.75, 3.05) is 16.8 Å². The first-order valence-electron chi connectivity index (χ1n) is 8.96. The summed E-state index contributed by atoms with van der Waals surface area (Å²) in [7, 11) is 0.